The third kappa shape index (κ3) is 4.15. The van der Waals surface area contributed by atoms with Crippen molar-refractivity contribution >= 4 is 11.9 Å². The average Bonchev–Trinajstić information content (AvgIpc) is 2.66. The van der Waals surface area contributed by atoms with Crippen LogP contribution < -0.4 is 10.1 Å². The fourth-order valence-corrected chi connectivity index (χ4v) is 2.58. The van der Waals surface area contributed by atoms with Gasteiger partial charge in [0.25, 0.3) is 0 Å². The molecule has 3 rings (SSSR count). The Labute approximate surface area is 149 Å². The summed E-state index contributed by atoms with van der Waals surface area (Å²) in [4.78, 5) is 27.5. The van der Waals surface area contributed by atoms with Crippen molar-refractivity contribution in [2.24, 2.45) is 0 Å². The van der Waals surface area contributed by atoms with Crippen LogP contribution in [0.3, 0.4) is 0 Å². The molecule has 7 nitrogen and oxygen atoms in total. The molecule has 0 atom stereocenters. The number of esters is 1. The number of rotatable bonds is 5. The maximum Gasteiger partial charge on any atom is 0.356 e. The summed E-state index contributed by atoms with van der Waals surface area (Å²) in [5.41, 5.74) is 1.96. The van der Waals surface area contributed by atoms with Gasteiger partial charge in [-0.15, -0.1) is 0 Å². The Balaban J connectivity index is 1.61. The summed E-state index contributed by atoms with van der Waals surface area (Å²) >= 11 is 0. The lowest BCUT2D eigenvalue weighted by Gasteiger charge is -2.20. The number of methoxy groups -OCH3 is 1. The first kappa shape index (κ1) is 17.8. The van der Waals surface area contributed by atoms with Gasteiger partial charge in [-0.2, -0.15) is 0 Å². The van der Waals surface area contributed by atoms with E-state index in [1.165, 1.54) is 31.5 Å². The number of nitrogens with zero attached hydrogens (tertiary/aromatic N) is 1. The van der Waals surface area contributed by atoms with E-state index in [4.69, 9.17) is 9.47 Å². The summed E-state index contributed by atoms with van der Waals surface area (Å²) in [7, 11) is 1.28. The predicted molar refractivity (Wildman–Crippen MR) is 87.8 cm³/mol. The zero-order valence-electron chi connectivity index (χ0n) is 14.1. The van der Waals surface area contributed by atoms with Crippen LogP contribution >= 0.6 is 0 Å². The molecule has 1 aliphatic rings. The number of benzene rings is 1. The molecule has 0 saturated carbocycles. The molecule has 1 aliphatic heterocycles. The molecule has 136 valence electrons. The number of nitrogens with one attached hydrogen (secondary N) is 1. The van der Waals surface area contributed by atoms with Gasteiger partial charge in [0.2, 0.25) is 5.91 Å². The Morgan fingerprint density at radius 2 is 2.19 bits per heavy atom. The number of hydrogen-bond donors (Lipinski definition) is 1. The monoisotopic (exact) mass is 360 g/mol. The number of carbonyl (C=O) groups is 2. The van der Waals surface area contributed by atoms with Crippen molar-refractivity contribution in [3.8, 4) is 5.75 Å². The van der Waals surface area contributed by atoms with E-state index in [-0.39, 0.29) is 38.0 Å². The molecule has 2 aromatic rings. The van der Waals surface area contributed by atoms with Crippen molar-refractivity contribution in [1.82, 2.24) is 10.3 Å². The van der Waals surface area contributed by atoms with Crippen molar-refractivity contribution in [3.63, 3.8) is 0 Å². The molecule has 0 radical (unpaired) electrons. The molecule has 1 aromatic carbocycles. The van der Waals surface area contributed by atoms with E-state index in [0.717, 1.165) is 5.56 Å². The van der Waals surface area contributed by atoms with E-state index in [9.17, 15) is 14.0 Å². The van der Waals surface area contributed by atoms with E-state index < -0.39 is 11.8 Å². The fraction of sp³-hybridized carbons (Fsp3) is 0.278. The van der Waals surface area contributed by atoms with Crippen LogP contribution in [-0.4, -0.2) is 30.8 Å². The number of carbonyl (C=O) groups excluding carboxylic acids is 2. The van der Waals surface area contributed by atoms with Crippen molar-refractivity contribution in [3.05, 3.63) is 58.7 Å². The smallest absolute Gasteiger partial charge is 0.356 e. The zero-order chi connectivity index (χ0) is 18.5. The third-order valence-electron chi connectivity index (χ3n) is 3.81. The highest BCUT2D eigenvalue weighted by Gasteiger charge is 2.18. The van der Waals surface area contributed by atoms with Gasteiger partial charge >= 0.3 is 5.97 Å². The summed E-state index contributed by atoms with van der Waals surface area (Å²) in [6, 6.07) is 5.81. The van der Waals surface area contributed by atoms with E-state index >= 15 is 0 Å². The van der Waals surface area contributed by atoms with E-state index in [2.05, 4.69) is 15.0 Å². The minimum atomic E-state index is -0.527. The number of pyridine rings is 1. The highest BCUT2D eigenvalue weighted by atomic mass is 19.1. The molecular formula is C18H17FN2O5. The second-order valence-electron chi connectivity index (χ2n) is 5.66. The summed E-state index contributed by atoms with van der Waals surface area (Å²) in [6.07, 6.45) is 1.46. The quantitative estimate of drug-likeness (QED) is 0.818. The molecule has 0 saturated heterocycles. The van der Waals surface area contributed by atoms with Crippen LogP contribution in [0, 0.1) is 5.82 Å². The van der Waals surface area contributed by atoms with E-state index in [1.807, 2.05) is 0 Å². The Hall–Kier alpha value is -3.00. The third-order valence-corrected chi connectivity index (χ3v) is 3.81. The van der Waals surface area contributed by atoms with Gasteiger partial charge in [-0.3, -0.25) is 4.79 Å². The number of hydrogen-bond acceptors (Lipinski definition) is 6. The van der Waals surface area contributed by atoms with Crippen LogP contribution in [-0.2, 0) is 33.8 Å². The van der Waals surface area contributed by atoms with Gasteiger partial charge in [0.15, 0.2) is 6.79 Å². The lowest BCUT2D eigenvalue weighted by atomic mass is 10.0. The molecule has 0 aliphatic carbocycles. The first-order valence-electron chi connectivity index (χ1n) is 7.88. The summed E-state index contributed by atoms with van der Waals surface area (Å²) < 4.78 is 28.8. The standard InChI is InChI=1S/C18H17FN2O5/c1-24-18(23)15-3-2-11(7-20-15)8-21-16(22)6-12-4-14(19)5-13-9-25-10-26-17(12)13/h2-5,7H,6,8-10H2,1H3,(H,21,22). The van der Waals surface area contributed by atoms with Gasteiger partial charge in [0.1, 0.15) is 17.3 Å². The fourth-order valence-electron chi connectivity index (χ4n) is 2.58. The number of aromatic nitrogens is 1. The second kappa shape index (κ2) is 7.92. The van der Waals surface area contributed by atoms with E-state index in [0.29, 0.717) is 16.9 Å². The largest absolute Gasteiger partial charge is 0.467 e. The Bertz CT molecular complexity index is 823. The summed E-state index contributed by atoms with van der Waals surface area (Å²) in [5, 5.41) is 2.73. The molecule has 1 N–H and O–H groups in total. The van der Waals surface area contributed by atoms with Crippen LogP contribution in [0.2, 0.25) is 0 Å². The van der Waals surface area contributed by atoms with Crippen molar-refractivity contribution < 1.29 is 28.2 Å². The zero-order valence-corrected chi connectivity index (χ0v) is 14.1. The maximum absolute atomic E-state index is 13.7. The Kier molecular flexibility index (Phi) is 5.43. The molecule has 0 bridgehead atoms. The SMILES string of the molecule is COC(=O)c1ccc(CNC(=O)Cc2cc(F)cc3c2OCOC3)cn1. The van der Waals surface area contributed by atoms with Crippen LogP contribution in [0.25, 0.3) is 0 Å². The van der Waals surface area contributed by atoms with Gasteiger partial charge in [0, 0.05) is 23.9 Å². The number of fused-ring (bicyclic) bond motifs is 1. The van der Waals surface area contributed by atoms with Crippen LogP contribution in [0.1, 0.15) is 27.2 Å². The normalized spacial score (nSPS) is 12.7. The average molecular weight is 360 g/mol. The lowest BCUT2D eigenvalue weighted by molar-refractivity contribution is -0.120. The molecule has 8 heteroatoms. The van der Waals surface area contributed by atoms with Gasteiger partial charge in [0.05, 0.1) is 20.1 Å². The highest BCUT2D eigenvalue weighted by molar-refractivity contribution is 5.87. The topological polar surface area (TPSA) is 86.8 Å². The van der Waals surface area contributed by atoms with Crippen LogP contribution in [0.5, 0.6) is 5.75 Å². The number of halogens is 1. The lowest BCUT2D eigenvalue weighted by Crippen LogP contribution is -2.25. The molecule has 0 fully saturated rings. The Morgan fingerprint density at radius 1 is 1.35 bits per heavy atom. The maximum atomic E-state index is 13.7. The molecule has 2 heterocycles. The highest BCUT2D eigenvalue weighted by Crippen LogP contribution is 2.29. The van der Waals surface area contributed by atoms with Crippen molar-refractivity contribution in [1.29, 1.82) is 0 Å². The predicted octanol–water partition coefficient (Wildman–Crippen LogP) is 1.73. The summed E-state index contributed by atoms with van der Waals surface area (Å²) in [5.74, 6) is -0.759. The summed E-state index contributed by atoms with van der Waals surface area (Å²) in [6.45, 7) is 0.556. The minimum Gasteiger partial charge on any atom is -0.467 e. The van der Waals surface area contributed by atoms with Gasteiger partial charge in [-0.25, -0.2) is 14.2 Å². The second-order valence-corrected chi connectivity index (χ2v) is 5.66. The molecule has 1 aromatic heterocycles. The molecule has 0 spiro atoms. The van der Waals surface area contributed by atoms with Crippen molar-refractivity contribution in [2.75, 3.05) is 13.9 Å². The van der Waals surface area contributed by atoms with Crippen LogP contribution in [0.15, 0.2) is 30.5 Å². The molecule has 1 amide bonds. The minimum absolute atomic E-state index is 0.0201. The van der Waals surface area contributed by atoms with Gasteiger partial charge < -0.3 is 19.5 Å². The molecular weight excluding hydrogens is 343 g/mol. The van der Waals surface area contributed by atoms with E-state index in [1.54, 1.807) is 6.07 Å². The first-order valence-corrected chi connectivity index (χ1v) is 7.88. The van der Waals surface area contributed by atoms with Crippen molar-refractivity contribution in [2.45, 2.75) is 19.6 Å². The van der Waals surface area contributed by atoms with Gasteiger partial charge in [-0.1, -0.05) is 6.07 Å². The Morgan fingerprint density at radius 3 is 2.92 bits per heavy atom. The number of ether oxygens (including phenoxy) is 3. The van der Waals surface area contributed by atoms with Crippen LogP contribution in [0.4, 0.5) is 4.39 Å². The van der Waals surface area contributed by atoms with Gasteiger partial charge in [-0.05, 0) is 23.8 Å². The molecule has 0 unspecified atom stereocenters. The number of amides is 1. The first-order chi connectivity index (χ1) is 12.6. The molecule has 26 heavy (non-hydrogen) atoms.